The smallest absolute Gasteiger partial charge is 0.321 e. The quantitative estimate of drug-likeness (QED) is 0.532. The number of nitrogens with one attached hydrogen (secondary N) is 3. The summed E-state index contributed by atoms with van der Waals surface area (Å²) in [5.41, 5.74) is 1.29. The lowest BCUT2D eigenvalue weighted by atomic mass is 10.0. The molecule has 0 unspecified atom stereocenters. The fraction of sp³-hybridized carbons (Fsp3) is 0.400. The Labute approximate surface area is 204 Å². The molecule has 0 spiro atoms. The van der Waals surface area contributed by atoms with Crippen LogP contribution in [0.15, 0.2) is 42.5 Å². The summed E-state index contributed by atoms with van der Waals surface area (Å²) in [5, 5.41) is 8.46. The van der Waals surface area contributed by atoms with Crippen LogP contribution in [0.4, 0.5) is 14.9 Å². The summed E-state index contributed by atoms with van der Waals surface area (Å²) >= 11 is 0. The Hall–Kier alpha value is -3.82. The van der Waals surface area contributed by atoms with E-state index >= 15 is 0 Å². The molecule has 1 fully saturated rings. The first-order chi connectivity index (χ1) is 16.8. The summed E-state index contributed by atoms with van der Waals surface area (Å²) in [6.45, 7) is 2.27. The third-order valence-electron chi connectivity index (χ3n) is 5.77. The molecule has 1 heterocycles. The van der Waals surface area contributed by atoms with Gasteiger partial charge >= 0.3 is 6.03 Å². The number of benzene rings is 2. The van der Waals surface area contributed by atoms with E-state index in [-0.39, 0.29) is 36.1 Å². The number of methoxy groups -OCH3 is 2. The van der Waals surface area contributed by atoms with Gasteiger partial charge in [-0.05, 0) is 54.8 Å². The van der Waals surface area contributed by atoms with Crippen LogP contribution in [0, 0.1) is 5.82 Å². The molecule has 0 aromatic heterocycles. The highest BCUT2D eigenvalue weighted by atomic mass is 19.1. The molecule has 35 heavy (non-hydrogen) atoms. The van der Waals surface area contributed by atoms with Gasteiger partial charge in [0.2, 0.25) is 11.8 Å². The maximum atomic E-state index is 13.1. The Balaban J connectivity index is 1.56. The molecular formula is C25H31FN4O5. The second kappa shape index (κ2) is 12.0. The molecule has 1 saturated heterocycles. The Kier molecular flexibility index (Phi) is 8.88. The lowest BCUT2D eigenvalue weighted by molar-refractivity contribution is -0.128. The molecule has 4 amide bonds. The summed E-state index contributed by atoms with van der Waals surface area (Å²) in [6.07, 6.45) is 1.41. The number of anilines is 1. The van der Waals surface area contributed by atoms with Crippen molar-refractivity contribution < 1.29 is 28.2 Å². The van der Waals surface area contributed by atoms with Gasteiger partial charge in [0.1, 0.15) is 23.4 Å². The third kappa shape index (κ3) is 7.59. The second-order valence-electron chi connectivity index (χ2n) is 8.39. The predicted molar refractivity (Wildman–Crippen MR) is 129 cm³/mol. The molecule has 9 nitrogen and oxygen atoms in total. The molecule has 1 aliphatic heterocycles. The number of nitrogens with zero attached hydrogens (tertiary/aromatic N) is 1. The van der Waals surface area contributed by atoms with Crippen LogP contribution in [0.3, 0.4) is 0 Å². The van der Waals surface area contributed by atoms with Crippen LogP contribution < -0.4 is 25.4 Å². The number of carbonyl (C=O) groups excluding carboxylic acids is 3. The van der Waals surface area contributed by atoms with E-state index in [0.29, 0.717) is 43.1 Å². The molecule has 0 radical (unpaired) electrons. The summed E-state index contributed by atoms with van der Waals surface area (Å²) in [5.74, 6) is 0.200. The van der Waals surface area contributed by atoms with Crippen LogP contribution in [-0.4, -0.2) is 62.1 Å². The van der Waals surface area contributed by atoms with E-state index in [1.54, 1.807) is 37.3 Å². The molecule has 3 N–H and O–H groups in total. The van der Waals surface area contributed by atoms with E-state index in [9.17, 15) is 18.8 Å². The van der Waals surface area contributed by atoms with E-state index in [0.717, 1.165) is 5.56 Å². The van der Waals surface area contributed by atoms with E-state index in [1.807, 2.05) is 0 Å². The predicted octanol–water partition coefficient (Wildman–Crippen LogP) is 2.70. The van der Waals surface area contributed by atoms with E-state index < -0.39 is 6.04 Å². The largest absolute Gasteiger partial charge is 0.497 e. The van der Waals surface area contributed by atoms with Crippen molar-refractivity contribution in [3.63, 3.8) is 0 Å². The molecule has 3 rings (SSSR count). The first-order valence-electron chi connectivity index (χ1n) is 11.4. The number of amides is 4. The average molecular weight is 487 g/mol. The highest BCUT2D eigenvalue weighted by Gasteiger charge is 2.27. The normalized spacial score (nSPS) is 14.6. The number of hydrogen-bond donors (Lipinski definition) is 3. The molecule has 2 aromatic rings. The van der Waals surface area contributed by atoms with Crippen LogP contribution in [0.5, 0.6) is 11.5 Å². The number of carbonyl (C=O) groups is 3. The van der Waals surface area contributed by atoms with Crippen LogP contribution in [0.2, 0.25) is 0 Å². The van der Waals surface area contributed by atoms with Crippen molar-refractivity contribution in [3.8, 4) is 11.5 Å². The van der Waals surface area contributed by atoms with Crippen molar-refractivity contribution in [3.05, 3.63) is 53.8 Å². The minimum absolute atomic E-state index is 0.131. The molecule has 2 aromatic carbocycles. The van der Waals surface area contributed by atoms with E-state index in [1.165, 1.54) is 31.2 Å². The van der Waals surface area contributed by atoms with Crippen molar-refractivity contribution in [1.82, 2.24) is 15.5 Å². The molecule has 1 atom stereocenters. The topological polar surface area (TPSA) is 109 Å². The molecule has 0 bridgehead atoms. The number of rotatable bonds is 8. The standard InChI is InChI=1S/C25H31FN4O5/c1-16(31)27-23(14-17-12-21(34-2)15-22(13-17)35-3)24(32)28-20-8-10-30(11-9-20)25(33)29-19-6-4-18(26)5-7-19/h4-7,12-13,15,20,23H,8-11,14H2,1-3H3,(H,27,31)(H,28,32)(H,29,33)/t23-/m0/s1. The Morgan fingerprint density at radius 2 is 1.63 bits per heavy atom. The third-order valence-corrected chi connectivity index (χ3v) is 5.77. The van der Waals surface area contributed by atoms with Gasteiger partial charge in [0, 0.05) is 44.2 Å². The van der Waals surface area contributed by atoms with Gasteiger partial charge in [-0.25, -0.2) is 9.18 Å². The number of hydrogen-bond acceptors (Lipinski definition) is 5. The van der Waals surface area contributed by atoms with Gasteiger partial charge in [0.15, 0.2) is 0 Å². The minimum Gasteiger partial charge on any atom is -0.497 e. The first-order valence-corrected chi connectivity index (χ1v) is 11.4. The fourth-order valence-corrected chi connectivity index (χ4v) is 3.94. The molecular weight excluding hydrogens is 455 g/mol. The number of urea groups is 1. The molecule has 188 valence electrons. The maximum Gasteiger partial charge on any atom is 0.321 e. The zero-order valence-corrected chi connectivity index (χ0v) is 20.1. The highest BCUT2D eigenvalue weighted by molar-refractivity contribution is 5.89. The monoisotopic (exact) mass is 486 g/mol. The average Bonchev–Trinajstić information content (AvgIpc) is 2.84. The summed E-state index contributed by atoms with van der Waals surface area (Å²) in [4.78, 5) is 38.9. The maximum absolute atomic E-state index is 13.1. The highest BCUT2D eigenvalue weighted by Crippen LogP contribution is 2.23. The second-order valence-corrected chi connectivity index (χ2v) is 8.39. The van der Waals surface area contributed by atoms with Gasteiger partial charge in [0.05, 0.1) is 14.2 Å². The van der Waals surface area contributed by atoms with Crippen molar-refractivity contribution in [2.75, 3.05) is 32.6 Å². The zero-order chi connectivity index (χ0) is 25.4. The number of likely N-dealkylation sites (tertiary alicyclic amines) is 1. The summed E-state index contributed by atoms with van der Waals surface area (Å²) < 4.78 is 23.6. The van der Waals surface area contributed by atoms with Gasteiger partial charge in [-0.2, -0.15) is 0 Å². The SMILES string of the molecule is COc1cc(C[C@H](NC(C)=O)C(=O)NC2CCN(C(=O)Nc3ccc(F)cc3)CC2)cc(OC)c1. The Bertz CT molecular complexity index is 1020. The minimum atomic E-state index is -0.774. The van der Waals surface area contributed by atoms with Crippen molar-refractivity contribution in [2.45, 2.75) is 38.3 Å². The molecule has 1 aliphatic rings. The number of halogens is 1. The van der Waals surface area contributed by atoms with Crippen LogP contribution in [0.25, 0.3) is 0 Å². The van der Waals surface area contributed by atoms with Crippen molar-refractivity contribution in [2.24, 2.45) is 0 Å². The summed E-state index contributed by atoms with van der Waals surface area (Å²) in [7, 11) is 3.09. The number of ether oxygens (including phenoxy) is 2. The van der Waals surface area contributed by atoms with Gasteiger partial charge < -0.3 is 30.3 Å². The molecule has 0 aliphatic carbocycles. The molecule has 0 saturated carbocycles. The van der Waals surface area contributed by atoms with Crippen LogP contribution in [-0.2, 0) is 16.0 Å². The van der Waals surface area contributed by atoms with Gasteiger partial charge in [0.25, 0.3) is 0 Å². The van der Waals surface area contributed by atoms with Crippen molar-refractivity contribution in [1.29, 1.82) is 0 Å². The summed E-state index contributed by atoms with van der Waals surface area (Å²) in [6, 6.07) is 9.71. The van der Waals surface area contributed by atoms with E-state index in [2.05, 4.69) is 16.0 Å². The van der Waals surface area contributed by atoms with Crippen LogP contribution in [0.1, 0.15) is 25.3 Å². The van der Waals surface area contributed by atoms with Gasteiger partial charge in [-0.3, -0.25) is 9.59 Å². The van der Waals surface area contributed by atoms with E-state index in [4.69, 9.17) is 9.47 Å². The lowest BCUT2D eigenvalue weighted by Gasteiger charge is -2.33. The van der Waals surface area contributed by atoms with Gasteiger partial charge in [-0.15, -0.1) is 0 Å². The number of piperidine rings is 1. The zero-order valence-electron chi connectivity index (χ0n) is 20.1. The Morgan fingerprint density at radius 1 is 1.03 bits per heavy atom. The van der Waals surface area contributed by atoms with Crippen molar-refractivity contribution >= 4 is 23.5 Å². The lowest BCUT2D eigenvalue weighted by Crippen LogP contribution is -2.53. The van der Waals surface area contributed by atoms with Crippen LogP contribution >= 0.6 is 0 Å². The molecule has 10 heteroatoms. The van der Waals surface area contributed by atoms with Gasteiger partial charge in [-0.1, -0.05) is 0 Å². The Morgan fingerprint density at radius 3 is 2.17 bits per heavy atom. The first kappa shape index (κ1) is 25.8. The fourth-order valence-electron chi connectivity index (χ4n) is 3.94.